The van der Waals surface area contributed by atoms with Crippen molar-refractivity contribution in [2.75, 3.05) is 32.7 Å². The summed E-state index contributed by atoms with van der Waals surface area (Å²) in [5.41, 5.74) is 3.23. The molecule has 4 rings (SSSR count). The lowest BCUT2D eigenvalue weighted by atomic mass is 9.81. The zero-order valence-electron chi connectivity index (χ0n) is 28.8. The van der Waals surface area contributed by atoms with Crippen LogP contribution in [0.1, 0.15) is 89.8 Å². The fourth-order valence-electron chi connectivity index (χ4n) is 6.97. The molecule has 8 nitrogen and oxygen atoms in total. The van der Waals surface area contributed by atoms with Gasteiger partial charge in [0, 0.05) is 32.7 Å². The van der Waals surface area contributed by atoms with Crippen molar-refractivity contribution in [3.63, 3.8) is 0 Å². The van der Waals surface area contributed by atoms with Gasteiger partial charge in [0.25, 0.3) is 0 Å². The van der Waals surface area contributed by atoms with Gasteiger partial charge in [0.05, 0.1) is 0 Å². The fourth-order valence-corrected chi connectivity index (χ4v) is 6.97. The minimum Gasteiger partial charge on any atom is -0.445 e. The molecule has 2 N–H and O–H groups in total. The Kier molecular flexibility index (Phi) is 12.7. The second-order valence-electron chi connectivity index (χ2n) is 14.7. The van der Waals surface area contributed by atoms with Crippen LogP contribution in [0.15, 0.2) is 54.6 Å². The van der Waals surface area contributed by atoms with E-state index in [1.165, 1.54) is 11.1 Å². The van der Waals surface area contributed by atoms with E-state index in [4.69, 9.17) is 4.74 Å². The van der Waals surface area contributed by atoms with Crippen LogP contribution in [-0.4, -0.2) is 72.0 Å². The molecule has 0 aromatic heterocycles. The SMILES string of the molecule is CCCN1C(=O)[C@H](CCCCNC(=O)OCc2ccccc2)NC(=O)C12CCN(CC(C)Cc1ccc(CC(C)(C)C)cc1)CC2. The number of nitrogens with one attached hydrogen (secondary N) is 2. The van der Waals surface area contributed by atoms with Crippen molar-refractivity contribution < 1.29 is 19.1 Å². The summed E-state index contributed by atoms with van der Waals surface area (Å²) in [7, 11) is 0. The number of hydrogen-bond donors (Lipinski definition) is 2. The Morgan fingerprint density at radius 2 is 1.67 bits per heavy atom. The molecule has 1 spiro atoms. The molecule has 2 saturated heterocycles. The van der Waals surface area contributed by atoms with Crippen molar-refractivity contribution in [3.8, 4) is 0 Å². The second kappa shape index (κ2) is 16.4. The van der Waals surface area contributed by atoms with Gasteiger partial charge in [-0.3, -0.25) is 9.59 Å². The van der Waals surface area contributed by atoms with Gasteiger partial charge >= 0.3 is 6.09 Å². The zero-order chi connectivity index (χ0) is 33.2. The van der Waals surface area contributed by atoms with E-state index in [0.717, 1.165) is 44.5 Å². The topological polar surface area (TPSA) is 91.0 Å². The summed E-state index contributed by atoms with van der Waals surface area (Å²) in [6.45, 7) is 15.1. The van der Waals surface area contributed by atoms with Crippen molar-refractivity contribution in [2.24, 2.45) is 11.3 Å². The first-order valence-electron chi connectivity index (χ1n) is 17.4. The average molecular weight is 633 g/mol. The van der Waals surface area contributed by atoms with Crippen molar-refractivity contribution in [1.29, 1.82) is 0 Å². The van der Waals surface area contributed by atoms with E-state index in [1.54, 1.807) is 0 Å². The van der Waals surface area contributed by atoms with Crippen LogP contribution in [0.3, 0.4) is 0 Å². The van der Waals surface area contributed by atoms with E-state index in [-0.39, 0.29) is 23.8 Å². The molecule has 2 atom stereocenters. The molecule has 0 bridgehead atoms. The number of likely N-dealkylation sites (tertiary alicyclic amines) is 1. The number of piperidine rings is 1. The van der Waals surface area contributed by atoms with Gasteiger partial charge in [-0.25, -0.2) is 4.79 Å². The lowest BCUT2D eigenvalue weighted by molar-refractivity contribution is -0.161. The summed E-state index contributed by atoms with van der Waals surface area (Å²) < 4.78 is 5.26. The second-order valence-corrected chi connectivity index (χ2v) is 14.7. The summed E-state index contributed by atoms with van der Waals surface area (Å²) >= 11 is 0. The van der Waals surface area contributed by atoms with E-state index < -0.39 is 17.7 Å². The molecule has 2 aliphatic rings. The lowest BCUT2D eigenvalue weighted by Crippen LogP contribution is -2.72. The number of hydrogen-bond acceptors (Lipinski definition) is 5. The quantitative estimate of drug-likeness (QED) is 0.245. The molecule has 2 fully saturated rings. The lowest BCUT2D eigenvalue weighted by Gasteiger charge is -2.52. The molecule has 2 aromatic carbocycles. The van der Waals surface area contributed by atoms with E-state index in [0.29, 0.717) is 51.1 Å². The van der Waals surface area contributed by atoms with Gasteiger partial charge in [-0.15, -0.1) is 0 Å². The van der Waals surface area contributed by atoms with Gasteiger partial charge in [0.1, 0.15) is 18.2 Å². The number of carbonyl (C=O) groups excluding carboxylic acids is 3. The third kappa shape index (κ3) is 10.1. The molecule has 252 valence electrons. The summed E-state index contributed by atoms with van der Waals surface area (Å²) in [5, 5.41) is 5.88. The van der Waals surface area contributed by atoms with Crippen molar-refractivity contribution >= 4 is 17.9 Å². The first-order valence-corrected chi connectivity index (χ1v) is 17.4. The summed E-state index contributed by atoms with van der Waals surface area (Å²) in [6.07, 6.45) is 5.79. The van der Waals surface area contributed by atoms with Crippen LogP contribution in [0.25, 0.3) is 0 Å². The molecular weight excluding hydrogens is 576 g/mol. The standard InChI is InChI=1S/C38H56N4O4/c1-6-22-42-34(43)33(14-10-11-21-39-36(45)46-28-32-12-8-7-9-13-32)40-35(44)38(42)19-23-41(24-20-38)27-29(2)25-30-15-17-31(18-16-30)26-37(3,4)5/h7-9,12-13,15-18,29,33H,6,10-11,14,19-28H2,1-5H3,(H,39,45)(H,40,44)/t29?,33-/m0/s1. The van der Waals surface area contributed by atoms with Crippen LogP contribution < -0.4 is 10.6 Å². The number of alkyl carbamates (subject to hydrolysis) is 1. The van der Waals surface area contributed by atoms with E-state index in [2.05, 4.69) is 74.4 Å². The normalized spacial score (nSPS) is 19.2. The first-order chi connectivity index (χ1) is 22.0. The Bertz CT molecular complexity index is 1270. The zero-order valence-corrected chi connectivity index (χ0v) is 28.8. The number of carbonyl (C=O) groups is 3. The molecule has 0 radical (unpaired) electrons. The van der Waals surface area contributed by atoms with Crippen LogP contribution in [0.2, 0.25) is 0 Å². The van der Waals surface area contributed by atoms with Gasteiger partial charge in [-0.05, 0) is 79.4 Å². The van der Waals surface area contributed by atoms with Gasteiger partial charge < -0.3 is 25.2 Å². The largest absolute Gasteiger partial charge is 0.445 e. The van der Waals surface area contributed by atoms with Crippen molar-refractivity contribution in [2.45, 2.75) is 104 Å². The minimum atomic E-state index is -0.754. The Morgan fingerprint density at radius 1 is 1.00 bits per heavy atom. The summed E-state index contributed by atoms with van der Waals surface area (Å²) in [6, 6.07) is 18.1. The predicted octanol–water partition coefficient (Wildman–Crippen LogP) is 6.12. The van der Waals surface area contributed by atoms with Gasteiger partial charge in [-0.1, -0.05) is 89.2 Å². The number of ether oxygens (including phenoxy) is 1. The Hall–Kier alpha value is -3.39. The van der Waals surface area contributed by atoms with Crippen LogP contribution in [-0.2, 0) is 33.8 Å². The fraction of sp³-hybridized carbons (Fsp3) is 0.605. The number of piperazine rings is 1. The smallest absolute Gasteiger partial charge is 0.407 e. The third-order valence-electron chi connectivity index (χ3n) is 9.25. The molecule has 2 heterocycles. The van der Waals surface area contributed by atoms with Crippen LogP contribution in [0, 0.1) is 11.3 Å². The Morgan fingerprint density at radius 3 is 2.33 bits per heavy atom. The number of nitrogens with zero attached hydrogens (tertiary/aromatic N) is 2. The minimum absolute atomic E-state index is 0.00351. The number of benzene rings is 2. The van der Waals surface area contributed by atoms with Gasteiger partial charge in [-0.2, -0.15) is 0 Å². The molecule has 2 aliphatic heterocycles. The molecule has 46 heavy (non-hydrogen) atoms. The molecule has 3 amide bonds. The number of rotatable bonds is 14. The summed E-state index contributed by atoms with van der Waals surface area (Å²) in [5.74, 6) is 0.533. The van der Waals surface area contributed by atoms with Crippen LogP contribution >= 0.6 is 0 Å². The molecular formula is C38H56N4O4. The van der Waals surface area contributed by atoms with Crippen LogP contribution in [0.4, 0.5) is 4.79 Å². The van der Waals surface area contributed by atoms with Crippen molar-refractivity contribution in [3.05, 3.63) is 71.3 Å². The van der Waals surface area contributed by atoms with Gasteiger partial charge in [0.15, 0.2) is 0 Å². The van der Waals surface area contributed by atoms with E-state index >= 15 is 0 Å². The van der Waals surface area contributed by atoms with Crippen molar-refractivity contribution in [1.82, 2.24) is 20.4 Å². The number of amides is 3. The highest BCUT2D eigenvalue weighted by Gasteiger charge is 2.53. The highest BCUT2D eigenvalue weighted by Crippen LogP contribution is 2.34. The van der Waals surface area contributed by atoms with Gasteiger partial charge in [0.2, 0.25) is 11.8 Å². The molecule has 8 heteroatoms. The van der Waals surface area contributed by atoms with E-state index in [1.807, 2.05) is 35.2 Å². The average Bonchev–Trinajstić information content (AvgIpc) is 3.02. The maximum Gasteiger partial charge on any atom is 0.407 e. The molecule has 2 aromatic rings. The maximum atomic E-state index is 13.7. The number of unbranched alkanes of at least 4 members (excludes halogenated alkanes) is 1. The Labute approximate surface area is 276 Å². The Balaban J connectivity index is 1.20. The molecule has 1 unspecified atom stereocenters. The molecule has 0 saturated carbocycles. The van der Waals surface area contributed by atoms with E-state index in [9.17, 15) is 14.4 Å². The monoisotopic (exact) mass is 632 g/mol. The maximum absolute atomic E-state index is 13.7. The predicted molar refractivity (Wildman–Crippen MR) is 183 cm³/mol. The van der Waals surface area contributed by atoms with Crippen LogP contribution in [0.5, 0.6) is 0 Å². The highest BCUT2D eigenvalue weighted by atomic mass is 16.5. The third-order valence-corrected chi connectivity index (χ3v) is 9.25. The first kappa shape index (κ1) is 35.5. The summed E-state index contributed by atoms with van der Waals surface area (Å²) in [4.78, 5) is 43.8. The molecule has 0 aliphatic carbocycles. The highest BCUT2D eigenvalue weighted by molar-refractivity contribution is 6.00.